The van der Waals surface area contributed by atoms with Gasteiger partial charge >= 0.3 is 11.9 Å². The average molecular weight is 466 g/mol. The van der Waals surface area contributed by atoms with Crippen molar-refractivity contribution in [1.29, 1.82) is 0 Å². The number of rotatable bonds is 4. The lowest BCUT2D eigenvalue weighted by atomic mass is 9.79. The lowest BCUT2D eigenvalue weighted by molar-refractivity contribution is -0.134. The predicted octanol–water partition coefficient (Wildman–Crippen LogP) is 3.20. The minimum Gasteiger partial charge on any atom is -0.478 e. The molecule has 1 aromatic heterocycles. The number of likely N-dealkylation sites (N-methyl/N-ethyl adjacent to an activating group) is 1. The Balaban J connectivity index is 0.000000297. The number of amides is 1. The van der Waals surface area contributed by atoms with Gasteiger partial charge in [0.05, 0.1) is 5.92 Å². The molecular weight excluding hydrogens is 434 g/mol. The van der Waals surface area contributed by atoms with Crippen molar-refractivity contribution in [2.75, 3.05) is 13.6 Å². The van der Waals surface area contributed by atoms with E-state index in [1.807, 2.05) is 0 Å². The van der Waals surface area contributed by atoms with Crippen molar-refractivity contribution in [3.8, 4) is 0 Å². The van der Waals surface area contributed by atoms with Gasteiger partial charge in [-0.1, -0.05) is 37.5 Å². The predicted molar refractivity (Wildman–Crippen MR) is 129 cm³/mol. The summed E-state index contributed by atoms with van der Waals surface area (Å²) in [5.74, 6) is -2.36. The van der Waals surface area contributed by atoms with Crippen LogP contribution in [-0.2, 0) is 20.8 Å². The fourth-order valence-electron chi connectivity index (χ4n) is 5.31. The van der Waals surface area contributed by atoms with Crippen molar-refractivity contribution in [1.82, 2.24) is 15.2 Å². The van der Waals surface area contributed by atoms with Crippen LogP contribution < -0.4 is 5.32 Å². The number of nitrogens with one attached hydrogen (secondary N) is 2. The molecule has 180 valence electrons. The Labute approximate surface area is 198 Å². The second-order valence-electron chi connectivity index (χ2n) is 9.28. The molecule has 1 aromatic carbocycles. The first kappa shape index (κ1) is 23.8. The number of carboxylic acid groups (broad SMARTS) is 2. The zero-order chi connectivity index (χ0) is 24.2. The minimum atomic E-state index is -1.26. The van der Waals surface area contributed by atoms with E-state index in [0.29, 0.717) is 24.2 Å². The number of aromatic amines is 1. The molecule has 1 amide bonds. The second kappa shape index (κ2) is 10.3. The Morgan fingerprint density at radius 1 is 1.09 bits per heavy atom. The van der Waals surface area contributed by atoms with Gasteiger partial charge in [0.2, 0.25) is 5.91 Å². The van der Waals surface area contributed by atoms with Crippen LogP contribution in [0.5, 0.6) is 0 Å². The first-order valence-corrected chi connectivity index (χ1v) is 11.8. The number of aliphatic carboxylic acids is 2. The van der Waals surface area contributed by atoms with Crippen molar-refractivity contribution >= 4 is 34.3 Å². The molecule has 2 aromatic rings. The number of H-pyrrole nitrogens is 1. The van der Waals surface area contributed by atoms with Gasteiger partial charge in [-0.15, -0.1) is 0 Å². The summed E-state index contributed by atoms with van der Waals surface area (Å²) in [6, 6.07) is 7.23. The van der Waals surface area contributed by atoms with Crippen LogP contribution in [0.2, 0.25) is 0 Å². The zero-order valence-electron chi connectivity index (χ0n) is 19.3. The van der Waals surface area contributed by atoms with Gasteiger partial charge in [0.1, 0.15) is 0 Å². The number of carboxylic acids is 2. The molecule has 8 heteroatoms. The molecular formula is C26H31N3O5. The highest BCUT2D eigenvalue weighted by Gasteiger charge is 2.36. The summed E-state index contributed by atoms with van der Waals surface area (Å²) in [4.78, 5) is 37.8. The van der Waals surface area contributed by atoms with Gasteiger partial charge in [-0.05, 0) is 49.1 Å². The summed E-state index contributed by atoms with van der Waals surface area (Å²) in [7, 11) is 2.16. The SMILES string of the molecule is CN1C[C@H](C(=O)NC2CCCCC2)C=C2c3cccc4[nH]cc(c34)C[C@H]21.O=C(O)/C=C\C(=O)O. The summed E-state index contributed by atoms with van der Waals surface area (Å²) < 4.78 is 0. The second-order valence-corrected chi connectivity index (χ2v) is 9.28. The van der Waals surface area contributed by atoms with Crippen LogP contribution in [0.4, 0.5) is 0 Å². The van der Waals surface area contributed by atoms with Gasteiger partial charge in [0, 0.05) is 47.9 Å². The molecule has 0 unspecified atom stereocenters. The summed E-state index contributed by atoms with van der Waals surface area (Å²) in [5.41, 5.74) is 5.24. The van der Waals surface area contributed by atoms with E-state index in [2.05, 4.69) is 52.7 Å². The molecule has 5 rings (SSSR count). The molecule has 0 saturated heterocycles. The Bertz CT molecular complexity index is 1130. The standard InChI is InChI=1S/C22H27N3O.C4H4O4/c1-25-13-15(22(26)24-16-6-3-2-4-7-16)10-18-17-8-5-9-19-21(17)14(12-23-19)11-20(18)25;5-3(6)1-2-4(7)8/h5,8-10,12,15-16,20,23H,2-4,6-7,11,13H2,1H3,(H,24,26);1-2H,(H,5,6)(H,7,8)/b;2-1-/t15-,20-;/m1./s1. The lowest BCUT2D eigenvalue weighted by Gasteiger charge is -2.39. The highest BCUT2D eigenvalue weighted by molar-refractivity contribution is 5.99. The molecule has 2 heterocycles. The molecule has 3 aliphatic rings. The van der Waals surface area contributed by atoms with Crippen molar-refractivity contribution in [2.45, 2.75) is 50.6 Å². The third-order valence-electron chi connectivity index (χ3n) is 6.93. The number of nitrogens with zero attached hydrogens (tertiary/aromatic N) is 1. The number of hydrogen-bond donors (Lipinski definition) is 4. The summed E-state index contributed by atoms with van der Waals surface area (Å²) in [5, 5.41) is 20.3. The zero-order valence-corrected chi connectivity index (χ0v) is 19.3. The van der Waals surface area contributed by atoms with Crippen LogP contribution >= 0.6 is 0 Å². The van der Waals surface area contributed by atoms with E-state index >= 15 is 0 Å². The fourth-order valence-corrected chi connectivity index (χ4v) is 5.31. The highest BCUT2D eigenvalue weighted by Crippen LogP contribution is 2.40. The van der Waals surface area contributed by atoms with Crippen molar-refractivity contribution in [2.24, 2.45) is 5.92 Å². The summed E-state index contributed by atoms with van der Waals surface area (Å²) in [6.07, 6.45) is 12.6. The molecule has 34 heavy (non-hydrogen) atoms. The Hall–Kier alpha value is -3.39. The van der Waals surface area contributed by atoms with Crippen molar-refractivity contribution < 1.29 is 24.6 Å². The monoisotopic (exact) mass is 465 g/mol. The number of fused-ring (bicyclic) bond motifs is 2. The largest absolute Gasteiger partial charge is 0.478 e. The van der Waals surface area contributed by atoms with Crippen molar-refractivity contribution in [3.63, 3.8) is 0 Å². The topological polar surface area (TPSA) is 123 Å². The number of carbonyl (C=O) groups is 3. The van der Waals surface area contributed by atoms with E-state index in [1.54, 1.807) is 0 Å². The third-order valence-corrected chi connectivity index (χ3v) is 6.93. The van der Waals surface area contributed by atoms with Gasteiger partial charge in [-0.3, -0.25) is 9.69 Å². The molecule has 1 fully saturated rings. The molecule has 1 aliphatic heterocycles. The molecule has 2 aliphatic carbocycles. The number of hydrogen-bond acceptors (Lipinski definition) is 4. The van der Waals surface area contributed by atoms with Gasteiger partial charge in [0.25, 0.3) is 0 Å². The Kier molecular flexibility index (Phi) is 7.17. The van der Waals surface area contributed by atoms with Crippen LogP contribution in [0, 0.1) is 5.92 Å². The van der Waals surface area contributed by atoms with Gasteiger partial charge in [-0.2, -0.15) is 0 Å². The normalized spacial score (nSPS) is 22.4. The van der Waals surface area contributed by atoms with Crippen molar-refractivity contribution in [3.05, 3.63) is 53.8 Å². The van der Waals surface area contributed by atoms with Crippen LogP contribution in [0.25, 0.3) is 16.5 Å². The van der Waals surface area contributed by atoms with Gasteiger partial charge < -0.3 is 20.5 Å². The summed E-state index contributed by atoms with van der Waals surface area (Å²) in [6.45, 7) is 0.808. The van der Waals surface area contributed by atoms with E-state index < -0.39 is 11.9 Å². The molecule has 1 saturated carbocycles. The van der Waals surface area contributed by atoms with Crippen LogP contribution in [0.3, 0.4) is 0 Å². The van der Waals surface area contributed by atoms with Gasteiger partial charge in [0.15, 0.2) is 0 Å². The number of carbonyl (C=O) groups excluding carboxylic acids is 1. The third kappa shape index (κ3) is 5.22. The van der Waals surface area contributed by atoms with E-state index in [1.165, 1.54) is 46.9 Å². The maximum Gasteiger partial charge on any atom is 0.328 e. The highest BCUT2D eigenvalue weighted by atomic mass is 16.4. The fraction of sp³-hybridized carbons (Fsp3) is 0.423. The number of benzene rings is 1. The first-order valence-electron chi connectivity index (χ1n) is 11.8. The Morgan fingerprint density at radius 2 is 1.79 bits per heavy atom. The molecule has 0 spiro atoms. The Morgan fingerprint density at radius 3 is 2.47 bits per heavy atom. The van der Waals surface area contributed by atoms with Crippen LogP contribution in [-0.4, -0.2) is 63.6 Å². The van der Waals surface area contributed by atoms with E-state index in [4.69, 9.17) is 10.2 Å². The molecule has 2 atom stereocenters. The maximum absolute atomic E-state index is 12.9. The minimum absolute atomic E-state index is 0.0519. The smallest absolute Gasteiger partial charge is 0.328 e. The van der Waals surface area contributed by atoms with E-state index in [9.17, 15) is 14.4 Å². The number of aromatic nitrogens is 1. The van der Waals surface area contributed by atoms with Crippen LogP contribution in [0.1, 0.15) is 43.2 Å². The first-order chi connectivity index (χ1) is 16.3. The molecule has 0 bridgehead atoms. The molecule has 0 radical (unpaired) electrons. The van der Waals surface area contributed by atoms with E-state index in [0.717, 1.165) is 25.8 Å². The molecule has 8 nitrogen and oxygen atoms in total. The van der Waals surface area contributed by atoms with E-state index in [-0.39, 0.29) is 11.8 Å². The van der Waals surface area contributed by atoms with Gasteiger partial charge in [-0.25, -0.2) is 9.59 Å². The van der Waals surface area contributed by atoms with Crippen LogP contribution in [0.15, 0.2) is 42.6 Å². The summed E-state index contributed by atoms with van der Waals surface area (Å²) >= 11 is 0. The molecule has 4 N–H and O–H groups in total. The average Bonchev–Trinajstić information content (AvgIpc) is 3.23. The maximum atomic E-state index is 12.9. The lowest BCUT2D eigenvalue weighted by Crippen LogP contribution is -2.48. The quantitative estimate of drug-likeness (QED) is 0.515.